The molecule has 4 amide bonds. The van der Waals surface area contributed by atoms with Crippen molar-refractivity contribution in [3.63, 3.8) is 0 Å². The highest BCUT2D eigenvalue weighted by atomic mass is 16.2. The largest absolute Gasteiger partial charge is 0.354 e. The molecule has 0 saturated heterocycles. The van der Waals surface area contributed by atoms with E-state index in [0.29, 0.717) is 24.2 Å². The summed E-state index contributed by atoms with van der Waals surface area (Å²) in [7, 11) is 0. The van der Waals surface area contributed by atoms with Crippen molar-refractivity contribution in [2.24, 2.45) is 11.8 Å². The Morgan fingerprint density at radius 3 is 1.18 bits per heavy atom. The number of imidazole rings is 2. The predicted octanol–water partition coefficient (Wildman–Crippen LogP) is 7.59. The maximum absolute atomic E-state index is 13.1. The van der Waals surface area contributed by atoms with Gasteiger partial charge in [0.05, 0.1) is 36.4 Å². The number of amides is 4. The van der Waals surface area contributed by atoms with Crippen LogP contribution in [0.1, 0.15) is 125 Å². The van der Waals surface area contributed by atoms with E-state index in [1.807, 2.05) is 52.0 Å². The van der Waals surface area contributed by atoms with Gasteiger partial charge in [-0.25, -0.2) is 9.97 Å². The van der Waals surface area contributed by atoms with E-state index in [1.54, 1.807) is 49.3 Å². The number of nitrogens with one attached hydrogen (secondary N) is 6. The topological polar surface area (TPSA) is 174 Å². The molecule has 0 fully saturated rings. The van der Waals surface area contributed by atoms with Crippen LogP contribution in [0.15, 0.2) is 73.6 Å². The third-order valence-corrected chi connectivity index (χ3v) is 10.7. The first-order valence-electron chi connectivity index (χ1n) is 20.6. The summed E-state index contributed by atoms with van der Waals surface area (Å²) in [6.45, 7) is 9.23. The zero-order valence-electron chi connectivity index (χ0n) is 33.7. The number of hydrogen-bond donors (Lipinski definition) is 6. The third-order valence-electron chi connectivity index (χ3n) is 10.7. The number of H-pyrrole nitrogens is 2. The van der Waals surface area contributed by atoms with Gasteiger partial charge in [-0.05, 0) is 60.1 Å². The molecule has 56 heavy (non-hydrogen) atoms. The Bertz CT molecular complexity index is 1610. The van der Waals surface area contributed by atoms with Crippen molar-refractivity contribution in [2.45, 2.75) is 117 Å². The Kier molecular flexibility index (Phi) is 18.3. The highest BCUT2D eigenvalue weighted by Gasteiger charge is 2.27. The Hall–Kier alpha value is -5.26. The molecule has 6 N–H and O–H groups in total. The fraction of sp³-hybridized carbons (Fsp3) is 0.500. The molecule has 2 unspecified atom stereocenters. The normalized spacial score (nSPS) is 13.3. The number of hydrogen-bond acceptors (Lipinski definition) is 6. The van der Waals surface area contributed by atoms with Crippen molar-refractivity contribution in [2.75, 3.05) is 13.1 Å². The van der Waals surface area contributed by atoms with E-state index in [1.165, 1.54) is 25.7 Å². The van der Waals surface area contributed by atoms with Crippen LogP contribution in [0.5, 0.6) is 0 Å². The third kappa shape index (κ3) is 13.8. The van der Waals surface area contributed by atoms with Gasteiger partial charge in [-0.3, -0.25) is 19.2 Å². The summed E-state index contributed by atoms with van der Waals surface area (Å²) in [5.41, 5.74) is 4.66. The fourth-order valence-electron chi connectivity index (χ4n) is 6.59. The monoisotopic (exact) mass is 766 g/mol. The minimum Gasteiger partial charge on any atom is -0.354 e. The second-order valence-electron chi connectivity index (χ2n) is 14.9. The van der Waals surface area contributed by atoms with Crippen LogP contribution in [0.3, 0.4) is 0 Å². The minimum atomic E-state index is -0.589. The number of aromatic amines is 2. The first-order chi connectivity index (χ1) is 27.2. The van der Waals surface area contributed by atoms with Crippen LogP contribution in [0.2, 0.25) is 0 Å². The maximum Gasteiger partial charge on any atom is 0.251 e. The SMILES string of the molecule is CCC(C)[C@H](NC(=O)c1ccc(-c2cnc[nH]2)cc1)C(=O)NCCCCCCCCCCCCNC(=O)[C@@H](NC(=O)c1ccc(-c2cnc[nH]2)cc1)C(C)CC. The van der Waals surface area contributed by atoms with Crippen molar-refractivity contribution < 1.29 is 19.2 Å². The number of rotatable bonds is 25. The molecule has 4 rings (SSSR count). The zero-order chi connectivity index (χ0) is 40.1. The van der Waals surface area contributed by atoms with Crippen molar-refractivity contribution in [1.29, 1.82) is 0 Å². The van der Waals surface area contributed by atoms with E-state index in [-0.39, 0.29) is 35.5 Å². The van der Waals surface area contributed by atoms with Gasteiger partial charge in [0, 0.05) is 24.2 Å². The lowest BCUT2D eigenvalue weighted by Crippen LogP contribution is -2.50. The van der Waals surface area contributed by atoms with Crippen molar-refractivity contribution in [3.05, 3.63) is 84.7 Å². The smallest absolute Gasteiger partial charge is 0.251 e. The van der Waals surface area contributed by atoms with E-state index < -0.39 is 12.1 Å². The fourth-order valence-corrected chi connectivity index (χ4v) is 6.59. The Balaban J connectivity index is 1.02. The first kappa shape index (κ1) is 43.5. The molecule has 0 spiro atoms. The van der Waals surface area contributed by atoms with E-state index in [9.17, 15) is 19.2 Å². The molecular weight excluding hydrogens is 705 g/mol. The molecule has 0 aliphatic rings. The van der Waals surface area contributed by atoms with Gasteiger partial charge in [0.15, 0.2) is 0 Å². The summed E-state index contributed by atoms with van der Waals surface area (Å²) in [6.07, 6.45) is 19.2. The Morgan fingerprint density at radius 2 is 0.875 bits per heavy atom. The lowest BCUT2D eigenvalue weighted by molar-refractivity contribution is -0.124. The van der Waals surface area contributed by atoms with Crippen LogP contribution >= 0.6 is 0 Å². The lowest BCUT2D eigenvalue weighted by Gasteiger charge is -2.23. The number of carbonyl (C=O) groups is 4. The maximum atomic E-state index is 13.1. The molecule has 2 aromatic heterocycles. The van der Waals surface area contributed by atoms with Gasteiger partial charge in [-0.1, -0.05) is 116 Å². The van der Waals surface area contributed by atoms with Crippen LogP contribution < -0.4 is 21.3 Å². The van der Waals surface area contributed by atoms with Crippen molar-refractivity contribution in [3.8, 4) is 22.5 Å². The van der Waals surface area contributed by atoms with Gasteiger partial charge in [0.25, 0.3) is 11.8 Å². The quantitative estimate of drug-likeness (QED) is 0.0379. The van der Waals surface area contributed by atoms with Gasteiger partial charge in [-0.2, -0.15) is 0 Å². The second kappa shape index (κ2) is 23.6. The molecule has 2 aromatic carbocycles. The van der Waals surface area contributed by atoms with Crippen LogP contribution in [0.25, 0.3) is 22.5 Å². The summed E-state index contributed by atoms with van der Waals surface area (Å²) in [5.74, 6) is -0.765. The lowest BCUT2D eigenvalue weighted by atomic mass is 9.97. The molecule has 0 bridgehead atoms. The molecule has 0 radical (unpaired) electrons. The summed E-state index contributed by atoms with van der Waals surface area (Å²) < 4.78 is 0. The minimum absolute atomic E-state index is 0.00691. The van der Waals surface area contributed by atoms with Gasteiger partial charge in [0.1, 0.15) is 12.1 Å². The summed E-state index contributed by atoms with van der Waals surface area (Å²) in [5, 5.41) is 12.0. The average molecular weight is 767 g/mol. The van der Waals surface area contributed by atoms with Crippen LogP contribution in [0.4, 0.5) is 0 Å². The van der Waals surface area contributed by atoms with Crippen molar-refractivity contribution >= 4 is 23.6 Å². The van der Waals surface area contributed by atoms with E-state index in [4.69, 9.17) is 0 Å². The molecule has 4 atom stereocenters. The molecule has 0 aliphatic heterocycles. The van der Waals surface area contributed by atoms with E-state index in [0.717, 1.165) is 73.9 Å². The van der Waals surface area contributed by atoms with Gasteiger partial charge in [0.2, 0.25) is 11.8 Å². The highest BCUT2D eigenvalue weighted by molar-refractivity contribution is 5.98. The first-order valence-corrected chi connectivity index (χ1v) is 20.6. The molecule has 0 saturated carbocycles. The van der Waals surface area contributed by atoms with Crippen LogP contribution in [-0.2, 0) is 9.59 Å². The number of aromatic nitrogens is 4. The van der Waals surface area contributed by atoms with Crippen molar-refractivity contribution in [1.82, 2.24) is 41.2 Å². The Labute approximate surface area is 332 Å². The zero-order valence-corrected chi connectivity index (χ0v) is 33.7. The standard InChI is InChI=1S/C44H62N8O4/c1-5-31(3)39(51-41(53)35-21-17-33(18-22-35)37-27-45-29-49-37)43(55)47-25-15-13-11-9-7-8-10-12-14-16-26-48-44(56)40(32(4)6-2)52-42(54)36-23-19-34(20-24-36)38-28-46-30-50-38/h17-24,27-32,39-40H,5-16,25-26H2,1-4H3,(H,45,49)(H,46,50)(H,47,55)(H,48,56)(H,51,53)(H,52,54)/t31?,32?,39-,40-/m0/s1. The molecule has 0 aliphatic carbocycles. The summed E-state index contributed by atoms with van der Waals surface area (Å²) in [6, 6.07) is 13.3. The van der Waals surface area contributed by atoms with E-state index >= 15 is 0 Å². The number of unbranched alkanes of at least 4 members (excludes halogenated alkanes) is 9. The number of carbonyl (C=O) groups excluding carboxylic acids is 4. The summed E-state index contributed by atoms with van der Waals surface area (Å²) >= 11 is 0. The molecule has 12 heteroatoms. The second-order valence-corrected chi connectivity index (χ2v) is 14.9. The molecule has 302 valence electrons. The molecule has 4 aromatic rings. The predicted molar refractivity (Wildman–Crippen MR) is 222 cm³/mol. The van der Waals surface area contributed by atoms with Gasteiger partial charge >= 0.3 is 0 Å². The molecular formula is C44H62N8O4. The number of nitrogens with zero attached hydrogens (tertiary/aromatic N) is 2. The molecule has 12 nitrogen and oxygen atoms in total. The van der Waals surface area contributed by atoms with Crippen LogP contribution in [-0.4, -0.2) is 68.7 Å². The summed E-state index contributed by atoms with van der Waals surface area (Å²) in [4.78, 5) is 66.3. The van der Waals surface area contributed by atoms with E-state index in [2.05, 4.69) is 41.2 Å². The van der Waals surface area contributed by atoms with Gasteiger partial charge < -0.3 is 31.2 Å². The number of benzene rings is 2. The average Bonchev–Trinajstić information content (AvgIpc) is 3.97. The highest BCUT2D eigenvalue weighted by Crippen LogP contribution is 2.19. The Morgan fingerprint density at radius 1 is 0.536 bits per heavy atom. The van der Waals surface area contributed by atoms with Gasteiger partial charge in [-0.15, -0.1) is 0 Å². The molecule has 2 heterocycles. The van der Waals surface area contributed by atoms with Crippen LogP contribution in [0, 0.1) is 11.8 Å².